The topological polar surface area (TPSA) is 54.7 Å². The molecule has 2 aromatic carbocycles. The zero-order valence-electron chi connectivity index (χ0n) is 17.6. The van der Waals surface area contributed by atoms with Crippen LogP contribution >= 0.6 is 23.2 Å². The lowest BCUT2D eigenvalue weighted by atomic mass is 10.1. The number of halogens is 2. The van der Waals surface area contributed by atoms with Crippen molar-refractivity contribution in [2.75, 3.05) is 14.2 Å². The van der Waals surface area contributed by atoms with Crippen LogP contribution in [-0.4, -0.2) is 25.1 Å². The first-order valence-corrected chi connectivity index (χ1v) is 10.2. The second-order valence-corrected chi connectivity index (χ2v) is 8.11. The van der Waals surface area contributed by atoms with Crippen molar-refractivity contribution in [3.63, 3.8) is 0 Å². The predicted octanol–water partition coefficient (Wildman–Crippen LogP) is 5.96. The molecular weight excluding hydrogens is 423 g/mol. The van der Waals surface area contributed by atoms with E-state index in [-0.39, 0.29) is 5.91 Å². The molecule has 0 aliphatic rings. The van der Waals surface area contributed by atoms with Crippen LogP contribution in [0.25, 0.3) is 11.3 Å². The minimum atomic E-state index is -0.253. The van der Waals surface area contributed by atoms with E-state index in [9.17, 15) is 4.79 Å². The number of benzene rings is 2. The molecule has 30 heavy (non-hydrogen) atoms. The van der Waals surface area contributed by atoms with Crippen molar-refractivity contribution in [1.82, 2.24) is 10.4 Å². The third-order valence-electron chi connectivity index (χ3n) is 4.80. The van der Waals surface area contributed by atoms with Crippen LogP contribution in [0.1, 0.15) is 32.8 Å². The number of ether oxygens (including phenoxy) is 1. The predicted molar refractivity (Wildman–Crippen MR) is 120 cm³/mol. The zero-order chi connectivity index (χ0) is 22.0. The van der Waals surface area contributed by atoms with Crippen LogP contribution in [0, 0.1) is 20.8 Å². The van der Waals surface area contributed by atoms with Gasteiger partial charge in [-0.05, 0) is 61.7 Å². The number of aryl methyl sites for hydroxylation is 3. The number of amides is 1. The highest BCUT2D eigenvalue weighted by Gasteiger charge is 2.19. The second kappa shape index (κ2) is 9.13. The molecular formula is C23H24Cl2N2O3. The van der Waals surface area contributed by atoms with E-state index in [0.717, 1.165) is 22.4 Å². The molecule has 3 aromatic rings. The SMILES string of the molecule is COc1c(C)cc(CN(C)NC(=O)c2cc(-c3ccc(Cl)cc3Cl)oc2C)cc1C. The maximum absolute atomic E-state index is 12.8. The van der Waals surface area contributed by atoms with Crippen LogP contribution in [0.5, 0.6) is 5.75 Å². The van der Waals surface area contributed by atoms with Crippen LogP contribution < -0.4 is 10.2 Å². The highest BCUT2D eigenvalue weighted by Crippen LogP contribution is 2.33. The molecule has 0 fully saturated rings. The molecule has 7 heteroatoms. The summed E-state index contributed by atoms with van der Waals surface area (Å²) in [4.78, 5) is 12.8. The Labute approximate surface area is 186 Å². The summed E-state index contributed by atoms with van der Waals surface area (Å²) in [6.07, 6.45) is 0. The summed E-state index contributed by atoms with van der Waals surface area (Å²) in [7, 11) is 3.49. The van der Waals surface area contributed by atoms with Crippen LogP contribution in [0.15, 0.2) is 40.8 Å². The molecule has 0 aliphatic heterocycles. The van der Waals surface area contributed by atoms with Gasteiger partial charge in [0.15, 0.2) is 0 Å². The van der Waals surface area contributed by atoms with Gasteiger partial charge in [0.25, 0.3) is 5.91 Å². The van der Waals surface area contributed by atoms with E-state index >= 15 is 0 Å². The maximum atomic E-state index is 12.8. The number of hydrazine groups is 1. The number of hydrogen-bond acceptors (Lipinski definition) is 4. The fraction of sp³-hybridized carbons (Fsp3) is 0.261. The third kappa shape index (κ3) is 4.81. The molecule has 1 N–H and O–H groups in total. The van der Waals surface area contributed by atoms with Crippen molar-refractivity contribution in [2.24, 2.45) is 0 Å². The van der Waals surface area contributed by atoms with Gasteiger partial charge >= 0.3 is 0 Å². The molecule has 3 rings (SSSR count). The van der Waals surface area contributed by atoms with Gasteiger partial charge < -0.3 is 9.15 Å². The average molecular weight is 447 g/mol. The molecule has 0 spiro atoms. The van der Waals surface area contributed by atoms with Crippen molar-refractivity contribution < 1.29 is 13.9 Å². The van der Waals surface area contributed by atoms with E-state index in [1.165, 1.54) is 0 Å². The van der Waals surface area contributed by atoms with Crippen molar-refractivity contribution in [3.8, 4) is 17.1 Å². The molecule has 1 aromatic heterocycles. The molecule has 5 nitrogen and oxygen atoms in total. The van der Waals surface area contributed by atoms with Gasteiger partial charge in [0.05, 0.1) is 17.7 Å². The summed E-state index contributed by atoms with van der Waals surface area (Å²) < 4.78 is 11.2. The lowest BCUT2D eigenvalue weighted by Crippen LogP contribution is -2.38. The maximum Gasteiger partial charge on any atom is 0.269 e. The number of carbonyl (C=O) groups is 1. The Kier molecular flexibility index (Phi) is 6.76. The standard InChI is InChI=1S/C23H24Cl2N2O3/c1-13-8-16(9-14(2)22(13)29-5)12-27(4)26-23(28)19-11-21(30-15(19)3)18-7-6-17(24)10-20(18)25/h6-11H,12H2,1-5H3,(H,26,28). The molecule has 0 aliphatic carbocycles. The molecule has 0 bridgehead atoms. The van der Waals surface area contributed by atoms with E-state index in [4.69, 9.17) is 32.4 Å². The zero-order valence-corrected chi connectivity index (χ0v) is 19.1. The number of methoxy groups -OCH3 is 1. The summed E-state index contributed by atoms with van der Waals surface area (Å²) >= 11 is 12.2. The van der Waals surface area contributed by atoms with Crippen molar-refractivity contribution in [1.29, 1.82) is 0 Å². The van der Waals surface area contributed by atoms with Gasteiger partial charge in [0, 0.05) is 24.2 Å². The molecule has 1 heterocycles. The van der Waals surface area contributed by atoms with Crippen molar-refractivity contribution in [3.05, 3.63) is 74.5 Å². The molecule has 0 saturated carbocycles. The average Bonchev–Trinajstić information content (AvgIpc) is 3.02. The Morgan fingerprint density at radius 1 is 1.10 bits per heavy atom. The first kappa shape index (κ1) is 22.2. The highest BCUT2D eigenvalue weighted by atomic mass is 35.5. The number of rotatable bonds is 6. The number of carbonyl (C=O) groups excluding carboxylic acids is 1. The van der Waals surface area contributed by atoms with Gasteiger partial charge in [0.1, 0.15) is 17.3 Å². The summed E-state index contributed by atoms with van der Waals surface area (Å²) in [5.74, 6) is 1.66. The van der Waals surface area contributed by atoms with Crippen LogP contribution in [0.4, 0.5) is 0 Å². The number of furan rings is 1. The van der Waals surface area contributed by atoms with Crippen molar-refractivity contribution >= 4 is 29.1 Å². The van der Waals surface area contributed by atoms with E-state index in [0.29, 0.717) is 39.2 Å². The quantitative estimate of drug-likeness (QED) is 0.474. The second-order valence-electron chi connectivity index (χ2n) is 7.26. The van der Waals surface area contributed by atoms with Gasteiger partial charge in [-0.2, -0.15) is 0 Å². The largest absolute Gasteiger partial charge is 0.496 e. The smallest absolute Gasteiger partial charge is 0.269 e. The lowest BCUT2D eigenvalue weighted by molar-refractivity contribution is 0.0818. The van der Waals surface area contributed by atoms with E-state index in [1.807, 2.05) is 20.9 Å². The summed E-state index contributed by atoms with van der Waals surface area (Å²) in [6, 6.07) is 10.9. The minimum Gasteiger partial charge on any atom is -0.496 e. The summed E-state index contributed by atoms with van der Waals surface area (Å²) in [6.45, 7) is 6.31. The minimum absolute atomic E-state index is 0.253. The van der Waals surface area contributed by atoms with Crippen molar-refractivity contribution in [2.45, 2.75) is 27.3 Å². The summed E-state index contributed by atoms with van der Waals surface area (Å²) in [5, 5.41) is 2.74. The van der Waals surface area contributed by atoms with E-state index < -0.39 is 0 Å². The van der Waals surface area contributed by atoms with E-state index in [2.05, 4.69) is 17.6 Å². The Morgan fingerprint density at radius 2 is 1.77 bits per heavy atom. The Morgan fingerprint density at radius 3 is 2.37 bits per heavy atom. The first-order valence-electron chi connectivity index (χ1n) is 9.41. The van der Waals surface area contributed by atoms with E-state index in [1.54, 1.807) is 43.3 Å². The Hall–Kier alpha value is -2.47. The molecule has 0 radical (unpaired) electrons. The van der Waals surface area contributed by atoms with Gasteiger partial charge in [-0.15, -0.1) is 0 Å². The fourth-order valence-corrected chi connectivity index (χ4v) is 4.03. The number of nitrogens with one attached hydrogen (secondary N) is 1. The first-order chi connectivity index (χ1) is 14.2. The van der Waals surface area contributed by atoms with Crippen LogP contribution in [0.3, 0.4) is 0 Å². The van der Waals surface area contributed by atoms with Gasteiger partial charge in [-0.25, -0.2) is 5.01 Å². The number of nitrogens with zero attached hydrogens (tertiary/aromatic N) is 1. The normalized spacial score (nSPS) is 11.1. The molecule has 1 amide bonds. The fourth-order valence-electron chi connectivity index (χ4n) is 3.53. The monoisotopic (exact) mass is 446 g/mol. The Bertz CT molecular complexity index is 1070. The van der Waals surface area contributed by atoms with Gasteiger partial charge in [-0.1, -0.05) is 35.3 Å². The molecule has 0 atom stereocenters. The lowest BCUT2D eigenvalue weighted by Gasteiger charge is -2.19. The highest BCUT2D eigenvalue weighted by molar-refractivity contribution is 6.36. The molecule has 0 unspecified atom stereocenters. The number of hydrogen-bond donors (Lipinski definition) is 1. The Balaban J connectivity index is 1.74. The summed E-state index contributed by atoms with van der Waals surface area (Å²) in [5.41, 5.74) is 7.21. The molecule has 158 valence electrons. The molecule has 0 saturated heterocycles. The van der Waals surface area contributed by atoms with Crippen LogP contribution in [-0.2, 0) is 6.54 Å². The van der Waals surface area contributed by atoms with Crippen LogP contribution in [0.2, 0.25) is 10.0 Å². The van der Waals surface area contributed by atoms with Gasteiger partial charge in [-0.3, -0.25) is 10.2 Å². The van der Waals surface area contributed by atoms with Gasteiger partial charge in [0.2, 0.25) is 0 Å². The third-order valence-corrected chi connectivity index (χ3v) is 5.34.